The summed E-state index contributed by atoms with van der Waals surface area (Å²) in [6, 6.07) is 0. The van der Waals surface area contributed by atoms with Crippen LogP contribution in [0.2, 0.25) is 0 Å². The van der Waals surface area contributed by atoms with Gasteiger partial charge in [-0.15, -0.1) is 0 Å². The van der Waals surface area contributed by atoms with Gasteiger partial charge in [0.05, 0.1) is 33.7 Å². The number of hydrogen-bond donors (Lipinski definition) is 0. The highest BCUT2D eigenvalue weighted by molar-refractivity contribution is 7.45. The Morgan fingerprint density at radius 1 is 0.738 bits per heavy atom. The van der Waals surface area contributed by atoms with Gasteiger partial charge in [0.15, 0.2) is 6.10 Å². The number of rotatable bonds is 29. The van der Waals surface area contributed by atoms with Crippen LogP contribution in [0.15, 0.2) is 0 Å². The molecule has 9 nitrogen and oxygen atoms in total. The lowest BCUT2D eigenvalue weighted by molar-refractivity contribution is -0.870. The van der Waals surface area contributed by atoms with Crippen LogP contribution in [0.25, 0.3) is 0 Å². The predicted octanol–water partition coefficient (Wildman–Crippen LogP) is 7.35. The average Bonchev–Trinajstić information content (AvgIpc) is 2.92. The standard InChI is InChI=1S/C32H64NO8P/c1-7-10-12-13-14-15-16-17-18-19-20-21-22-24-31(34)41-30(27-38-32(35)29(9-3)23-11-8-2)28-40-42(36,37)39-26-25-33(4,5)6/h29-30H,7-28H2,1-6H3/t29?,30-/m1/s1. The third-order valence-corrected chi connectivity index (χ3v) is 8.32. The van der Waals surface area contributed by atoms with Crippen LogP contribution in [0.4, 0.5) is 0 Å². The Balaban J connectivity index is 4.55. The number of carbonyl (C=O) groups excluding carboxylic acids is 2. The molecule has 0 aliphatic carbocycles. The highest BCUT2D eigenvalue weighted by atomic mass is 31.2. The van der Waals surface area contributed by atoms with Gasteiger partial charge in [0.1, 0.15) is 19.8 Å². The van der Waals surface area contributed by atoms with Crippen molar-refractivity contribution in [1.82, 2.24) is 0 Å². The lowest BCUT2D eigenvalue weighted by Crippen LogP contribution is -2.37. The van der Waals surface area contributed by atoms with E-state index in [1.54, 1.807) is 0 Å². The van der Waals surface area contributed by atoms with E-state index in [0.29, 0.717) is 23.9 Å². The number of likely N-dealkylation sites (N-methyl/N-ethyl adjacent to an activating group) is 1. The number of unbranched alkanes of at least 4 members (excludes halogenated alkanes) is 13. The lowest BCUT2D eigenvalue weighted by atomic mass is 10.00. The number of carbonyl (C=O) groups is 2. The number of hydrogen-bond acceptors (Lipinski definition) is 8. The maximum Gasteiger partial charge on any atom is 0.309 e. The minimum Gasteiger partial charge on any atom is -0.756 e. The summed E-state index contributed by atoms with van der Waals surface area (Å²) in [7, 11) is 1.16. The Kier molecular flexibility index (Phi) is 24.8. The minimum atomic E-state index is -4.61. The number of phosphoric acid groups is 1. The van der Waals surface area contributed by atoms with E-state index in [-0.39, 0.29) is 31.5 Å². The normalized spacial score (nSPS) is 14.7. The molecule has 0 aliphatic rings. The molecule has 0 bridgehead atoms. The molecule has 0 fully saturated rings. The smallest absolute Gasteiger partial charge is 0.309 e. The van der Waals surface area contributed by atoms with E-state index >= 15 is 0 Å². The molecule has 42 heavy (non-hydrogen) atoms. The van der Waals surface area contributed by atoms with E-state index in [1.807, 2.05) is 28.1 Å². The zero-order valence-electron chi connectivity index (χ0n) is 27.9. The molecule has 0 amide bonds. The van der Waals surface area contributed by atoms with Crippen molar-refractivity contribution in [2.24, 2.45) is 5.92 Å². The van der Waals surface area contributed by atoms with E-state index in [4.69, 9.17) is 18.5 Å². The van der Waals surface area contributed by atoms with E-state index in [0.717, 1.165) is 32.1 Å². The molecule has 0 spiro atoms. The second-order valence-corrected chi connectivity index (χ2v) is 14.0. The summed E-state index contributed by atoms with van der Waals surface area (Å²) in [5, 5.41) is 0. The molecular formula is C32H64NO8P. The van der Waals surface area contributed by atoms with Crippen molar-refractivity contribution in [3.8, 4) is 0 Å². The van der Waals surface area contributed by atoms with Gasteiger partial charge in [-0.1, -0.05) is 111 Å². The van der Waals surface area contributed by atoms with Crippen LogP contribution >= 0.6 is 7.82 Å². The summed E-state index contributed by atoms with van der Waals surface area (Å²) >= 11 is 0. The number of nitrogens with zero attached hydrogens (tertiary/aromatic N) is 1. The first-order valence-corrected chi connectivity index (χ1v) is 18.2. The van der Waals surface area contributed by atoms with E-state index in [1.165, 1.54) is 64.2 Å². The predicted molar refractivity (Wildman–Crippen MR) is 167 cm³/mol. The summed E-state index contributed by atoms with van der Waals surface area (Å²) in [4.78, 5) is 37.4. The molecule has 10 heteroatoms. The van der Waals surface area contributed by atoms with Crippen molar-refractivity contribution in [3.05, 3.63) is 0 Å². The van der Waals surface area contributed by atoms with Crippen LogP contribution in [0.3, 0.4) is 0 Å². The zero-order valence-corrected chi connectivity index (χ0v) is 28.8. The van der Waals surface area contributed by atoms with Gasteiger partial charge in [0, 0.05) is 6.42 Å². The molecule has 0 saturated carbocycles. The highest BCUT2D eigenvalue weighted by Gasteiger charge is 2.24. The Morgan fingerprint density at radius 3 is 1.76 bits per heavy atom. The van der Waals surface area contributed by atoms with Crippen molar-refractivity contribution >= 4 is 19.8 Å². The molecule has 2 unspecified atom stereocenters. The first kappa shape index (κ1) is 41.0. The van der Waals surface area contributed by atoms with Crippen LogP contribution in [-0.4, -0.2) is 70.0 Å². The lowest BCUT2D eigenvalue weighted by Gasteiger charge is -2.28. The third-order valence-electron chi connectivity index (χ3n) is 7.36. The molecule has 0 rings (SSSR count). The molecule has 0 radical (unpaired) electrons. The van der Waals surface area contributed by atoms with Crippen LogP contribution in [0, 0.1) is 5.92 Å². The molecule has 0 aliphatic heterocycles. The molecule has 0 aromatic rings. The van der Waals surface area contributed by atoms with Gasteiger partial charge in [0.25, 0.3) is 7.82 Å². The van der Waals surface area contributed by atoms with Gasteiger partial charge in [-0.2, -0.15) is 0 Å². The van der Waals surface area contributed by atoms with Crippen LogP contribution in [0.1, 0.15) is 136 Å². The first-order valence-electron chi connectivity index (χ1n) is 16.7. The van der Waals surface area contributed by atoms with Crippen molar-refractivity contribution in [3.63, 3.8) is 0 Å². The average molecular weight is 622 g/mol. The first-order chi connectivity index (χ1) is 19.9. The molecule has 0 aromatic heterocycles. The Labute approximate surface area is 257 Å². The Bertz CT molecular complexity index is 728. The van der Waals surface area contributed by atoms with Gasteiger partial charge in [-0.05, 0) is 19.3 Å². The molecule has 0 aromatic carbocycles. The van der Waals surface area contributed by atoms with Gasteiger partial charge in [-0.3, -0.25) is 14.2 Å². The number of quaternary nitrogens is 1. The summed E-state index contributed by atoms with van der Waals surface area (Å²) in [5.41, 5.74) is 0. The van der Waals surface area contributed by atoms with Gasteiger partial charge < -0.3 is 27.9 Å². The summed E-state index contributed by atoms with van der Waals surface area (Å²) < 4.78 is 33.7. The Morgan fingerprint density at radius 2 is 1.26 bits per heavy atom. The summed E-state index contributed by atoms with van der Waals surface area (Å²) in [5.74, 6) is -1.06. The second kappa shape index (κ2) is 25.3. The van der Waals surface area contributed by atoms with E-state index in [9.17, 15) is 19.0 Å². The highest BCUT2D eigenvalue weighted by Crippen LogP contribution is 2.38. The molecular weight excluding hydrogens is 557 g/mol. The molecule has 0 saturated heterocycles. The zero-order chi connectivity index (χ0) is 31.7. The number of phosphoric ester groups is 1. The number of ether oxygens (including phenoxy) is 2. The third kappa shape index (κ3) is 25.5. The van der Waals surface area contributed by atoms with Crippen LogP contribution < -0.4 is 4.89 Å². The molecule has 0 heterocycles. The largest absolute Gasteiger partial charge is 0.756 e. The summed E-state index contributed by atoms with van der Waals surface area (Å²) in [6.45, 7) is 5.96. The molecule has 3 atom stereocenters. The van der Waals surface area contributed by atoms with E-state index in [2.05, 4.69) is 13.8 Å². The fraction of sp³-hybridized carbons (Fsp3) is 0.938. The Hall–Kier alpha value is -0.990. The summed E-state index contributed by atoms with van der Waals surface area (Å²) in [6.07, 6.45) is 18.2. The van der Waals surface area contributed by atoms with Crippen molar-refractivity contribution in [1.29, 1.82) is 0 Å². The second-order valence-electron chi connectivity index (χ2n) is 12.6. The van der Waals surface area contributed by atoms with Crippen molar-refractivity contribution in [2.45, 2.75) is 142 Å². The fourth-order valence-electron chi connectivity index (χ4n) is 4.52. The maximum atomic E-state index is 12.6. The van der Waals surface area contributed by atoms with Crippen LogP contribution in [0.5, 0.6) is 0 Å². The molecule has 250 valence electrons. The van der Waals surface area contributed by atoms with Gasteiger partial charge >= 0.3 is 11.9 Å². The SMILES string of the molecule is CCCCCCCCCCCCCCCC(=O)O[C@H](COC(=O)C(CC)CCCC)COP(=O)([O-])OCC[N+](C)(C)C. The topological polar surface area (TPSA) is 111 Å². The molecule has 0 N–H and O–H groups in total. The monoisotopic (exact) mass is 621 g/mol. The fourth-order valence-corrected chi connectivity index (χ4v) is 5.25. The maximum absolute atomic E-state index is 12.6. The van der Waals surface area contributed by atoms with Crippen LogP contribution in [-0.2, 0) is 32.7 Å². The van der Waals surface area contributed by atoms with Gasteiger partial charge in [0.2, 0.25) is 0 Å². The van der Waals surface area contributed by atoms with Crippen molar-refractivity contribution < 1.29 is 42.1 Å². The quantitative estimate of drug-likeness (QED) is 0.0369. The minimum absolute atomic E-state index is 0.0294. The van der Waals surface area contributed by atoms with Crippen molar-refractivity contribution in [2.75, 3.05) is 47.5 Å². The number of esters is 2. The van der Waals surface area contributed by atoms with E-state index < -0.39 is 26.5 Å². The van der Waals surface area contributed by atoms with Gasteiger partial charge in [-0.25, -0.2) is 0 Å².